The highest BCUT2D eigenvalue weighted by molar-refractivity contribution is 6.01. The second-order valence-corrected chi connectivity index (χ2v) is 5.45. The van der Waals surface area contributed by atoms with Crippen molar-refractivity contribution in [1.29, 1.82) is 0 Å². The average molecular weight is 435 g/mol. The zero-order chi connectivity index (χ0) is 25.1. The van der Waals surface area contributed by atoms with Crippen LogP contribution >= 0.6 is 0 Å². The van der Waals surface area contributed by atoms with E-state index in [1.165, 1.54) is 6.40 Å². The summed E-state index contributed by atoms with van der Waals surface area (Å²) in [7, 11) is 0. The molecule has 2 aliphatic heterocycles. The van der Waals surface area contributed by atoms with Crippen LogP contribution in [-0.4, -0.2) is 56.0 Å². The number of carbonyl (C=O) groups excluding carboxylic acids is 5. The summed E-state index contributed by atoms with van der Waals surface area (Å²) < 4.78 is 5.74. The maximum Gasteiger partial charge on any atom is 0.334 e. The number of rotatable bonds is 5. The van der Waals surface area contributed by atoms with Crippen molar-refractivity contribution in [2.45, 2.75) is 51.4 Å². The third-order valence-electron chi connectivity index (χ3n) is 3.18. The number of nitrogens with zero attached hydrogens (tertiary/aromatic N) is 2. The fourth-order valence-corrected chi connectivity index (χ4v) is 1.72. The van der Waals surface area contributed by atoms with E-state index in [4.69, 9.17) is 24.5 Å². The first-order valence-corrected chi connectivity index (χ1v) is 8.62. The van der Waals surface area contributed by atoms with Crippen LogP contribution in [0.3, 0.4) is 0 Å². The molecule has 0 aromatic heterocycles. The van der Waals surface area contributed by atoms with Gasteiger partial charge in [0.1, 0.15) is 1.37 Å². The average Bonchev–Trinajstić information content (AvgIpc) is 3.22. The number of aliphatic carboxylic acids is 1. The molecule has 0 aromatic carbocycles. The summed E-state index contributed by atoms with van der Waals surface area (Å²) in [6, 6.07) is 0. The predicted octanol–water partition coefficient (Wildman–Crippen LogP) is 0.265. The van der Waals surface area contributed by atoms with E-state index in [1.807, 2.05) is 0 Å². The van der Waals surface area contributed by atoms with Crippen molar-refractivity contribution in [2.24, 2.45) is 0 Å². The molecule has 2 aliphatic rings. The van der Waals surface area contributed by atoms with Gasteiger partial charge >= 0.3 is 11.9 Å². The second-order valence-electron chi connectivity index (χ2n) is 5.45. The SMILES string of the molecule is C#CCCC(=O)O.C#CCCC(=O)ON1C(=O)CCC1=O.O=C1CCC(=O)N1O.[2H]C#C. The van der Waals surface area contributed by atoms with Crippen LogP contribution in [0.15, 0.2) is 0 Å². The first-order chi connectivity index (χ1) is 15.0. The van der Waals surface area contributed by atoms with Crippen molar-refractivity contribution in [3.05, 3.63) is 0 Å². The van der Waals surface area contributed by atoms with Gasteiger partial charge in [-0.2, -0.15) is 5.06 Å². The summed E-state index contributed by atoms with van der Waals surface area (Å²) in [6.45, 7) is 0. The van der Waals surface area contributed by atoms with Crippen molar-refractivity contribution >= 4 is 35.6 Å². The smallest absolute Gasteiger partial charge is 0.334 e. The number of carboxylic acids is 1. The molecule has 2 N–H and O–H groups in total. The number of hydrogen-bond acceptors (Lipinski definition) is 8. The lowest BCUT2D eigenvalue weighted by Gasteiger charge is -2.11. The molecular formula is C20H22N2O9. The highest BCUT2D eigenvalue weighted by Gasteiger charge is 2.32. The van der Waals surface area contributed by atoms with Gasteiger partial charge in [0.25, 0.3) is 23.6 Å². The molecule has 0 saturated carbocycles. The fourth-order valence-electron chi connectivity index (χ4n) is 1.72. The van der Waals surface area contributed by atoms with Crippen LogP contribution in [0.1, 0.15) is 52.7 Å². The van der Waals surface area contributed by atoms with Crippen LogP contribution in [0.5, 0.6) is 0 Å². The minimum Gasteiger partial charge on any atom is -0.481 e. The van der Waals surface area contributed by atoms with Crippen LogP contribution in [0.4, 0.5) is 0 Å². The van der Waals surface area contributed by atoms with Crippen LogP contribution in [0.2, 0.25) is 0 Å². The van der Waals surface area contributed by atoms with Crippen molar-refractivity contribution < 1.29 is 45.3 Å². The number of terminal acetylenes is 3. The van der Waals surface area contributed by atoms with Crippen molar-refractivity contribution in [2.75, 3.05) is 0 Å². The van der Waals surface area contributed by atoms with E-state index in [0.29, 0.717) is 11.5 Å². The minimum atomic E-state index is -0.835. The zero-order valence-corrected chi connectivity index (χ0v) is 16.5. The number of carbonyl (C=O) groups is 6. The van der Waals surface area contributed by atoms with E-state index in [1.54, 1.807) is 0 Å². The summed E-state index contributed by atoms with van der Waals surface area (Å²) in [4.78, 5) is 67.6. The predicted molar refractivity (Wildman–Crippen MR) is 104 cm³/mol. The van der Waals surface area contributed by atoms with E-state index >= 15 is 0 Å². The molecule has 0 unspecified atom stereocenters. The summed E-state index contributed by atoms with van der Waals surface area (Å²) in [6.07, 6.45) is 16.6. The molecule has 0 atom stereocenters. The molecule has 0 aliphatic carbocycles. The Labute approximate surface area is 180 Å². The topological polar surface area (TPSA) is 159 Å². The van der Waals surface area contributed by atoms with Gasteiger partial charge in [0, 0.05) is 38.5 Å². The van der Waals surface area contributed by atoms with Gasteiger partial charge in [-0.05, 0) is 0 Å². The molecule has 11 nitrogen and oxygen atoms in total. The molecule has 0 radical (unpaired) electrons. The fraction of sp³-hybridized carbons (Fsp3) is 0.400. The summed E-state index contributed by atoms with van der Waals surface area (Å²) in [5.41, 5.74) is 0. The molecule has 0 spiro atoms. The molecule has 166 valence electrons. The van der Waals surface area contributed by atoms with Crippen LogP contribution in [0, 0.1) is 37.5 Å². The van der Waals surface area contributed by atoms with Gasteiger partial charge in [-0.15, -0.1) is 42.6 Å². The van der Waals surface area contributed by atoms with Gasteiger partial charge in [-0.1, -0.05) is 0 Å². The third kappa shape index (κ3) is 12.8. The molecule has 2 fully saturated rings. The zero-order valence-electron chi connectivity index (χ0n) is 17.5. The third-order valence-corrected chi connectivity index (χ3v) is 3.18. The Hall–Kier alpha value is -4.14. The molecule has 0 aromatic rings. The van der Waals surface area contributed by atoms with Crippen molar-refractivity contribution in [1.82, 2.24) is 10.1 Å². The lowest BCUT2D eigenvalue weighted by Crippen LogP contribution is -2.31. The molecule has 2 rings (SSSR count). The highest BCUT2D eigenvalue weighted by Crippen LogP contribution is 2.12. The van der Waals surface area contributed by atoms with E-state index in [2.05, 4.69) is 23.1 Å². The van der Waals surface area contributed by atoms with E-state index < -0.39 is 35.6 Å². The maximum absolute atomic E-state index is 11.0. The van der Waals surface area contributed by atoms with Crippen molar-refractivity contribution in [3.8, 4) is 37.5 Å². The first-order valence-electron chi connectivity index (χ1n) is 9.12. The maximum atomic E-state index is 11.0. The molecular weight excluding hydrogens is 412 g/mol. The number of amides is 4. The second kappa shape index (κ2) is 16.8. The largest absolute Gasteiger partial charge is 0.481 e. The van der Waals surface area contributed by atoms with E-state index in [9.17, 15) is 28.8 Å². The Morgan fingerprint density at radius 1 is 0.935 bits per heavy atom. The Morgan fingerprint density at radius 2 is 1.32 bits per heavy atom. The van der Waals surface area contributed by atoms with Gasteiger partial charge in [0.2, 0.25) is 0 Å². The van der Waals surface area contributed by atoms with Crippen LogP contribution in [0.25, 0.3) is 0 Å². The monoisotopic (exact) mass is 435 g/mol. The van der Waals surface area contributed by atoms with Crippen LogP contribution in [-0.2, 0) is 33.6 Å². The standard InChI is InChI=1S/C9H9NO4.C5H6O2.C4H5NO3.C2H2/c1-2-3-4-9(13)14-10-7(11)5-6-8(10)12;1-2-3-4-5(6)7;6-3-1-2-4(7)5(3)8;1-2/h1H,3-6H2;1H,3-4H2,(H,6,7);8H,1-2H2;1-2H/i;;;1D. The van der Waals surface area contributed by atoms with Gasteiger partial charge in [0.15, 0.2) is 0 Å². The normalized spacial score (nSPS) is 14.2. The summed E-state index contributed by atoms with van der Waals surface area (Å²) in [5, 5.41) is 17.0. The molecule has 0 bridgehead atoms. The lowest BCUT2D eigenvalue weighted by molar-refractivity contribution is -0.197. The highest BCUT2D eigenvalue weighted by atomic mass is 16.7. The molecule has 4 amide bonds. The minimum absolute atomic E-state index is 0.00750. The first kappa shape index (κ1) is 26.9. The van der Waals surface area contributed by atoms with E-state index in [0.717, 1.165) is 0 Å². The molecule has 31 heavy (non-hydrogen) atoms. The summed E-state index contributed by atoms with van der Waals surface area (Å²) >= 11 is 0. The molecule has 11 heteroatoms. The lowest BCUT2D eigenvalue weighted by atomic mass is 10.3. The van der Waals surface area contributed by atoms with Gasteiger partial charge < -0.3 is 9.94 Å². The van der Waals surface area contributed by atoms with Crippen molar-refractivity contribution in [3.63, 3.8) is 0 Å². The molecule has 2 heterocycles. The van der Waals surface area contributed by atoms with E-state index in [-0.39, 0.29) is 50.0 Å². The van der Waals surface area contributed by atoms with Gasteiger partial charge in [-0.25, -0.2) is 4.79 Å². The van der Waals surface area contributed by atoms with Crippen LogP contribution < -0.4 is 0 Å². The quantitative estimate of drug-likeness (QED) is 0.351. The Bertz CT molecular complexity index is 801. The summed E-state index contributed by atoms with van der Waals surface area (Å²) in [5.74, 6) is 1.01. The Kier molecular flexibility index (Phi) is 14.5. The Morgan fingerprint density at radius 3 is 1.61 bits per heavy atom. The molecule has 2 saturated heterocycles. The van der Waals surface area contributed by atoms with Gasteiger partial charge in [-0.3, -0.25) is 29.2 Å². The van der Waals surface area contributed by atoms with Gasteiger partial charge in [0.05, 0.1) is 12.8 Å². The number of hydrogen-bond donors (Lipinski definition) is 2. The Balaban J connectivity index is 0. The number of imide groups is 2. The number of carboxylic acid groups (broad SMARTS) is 1. The number of hydroxylamine groups is 4.